The number of aliphatic hydroxyl groups is 1. The van der Waals surface area contributed by atoms with E-state index >= 15 is 0 Å². The monoisotopic (exact) mass is 390 g/mol. The summed E-state index contributed by atoms with van der Waals surface area (Å²) in [6.45, 7) is 4.40. The first-order valence-corrected chi connectivity index (χ1v) is 9.03. The van der Waals surface area contributed by atoms with Crippen molar-refractivity contribution in [2.45, 2.75) is 26.1 Å². The van der Waals surface area contributed by atoms with Crippen LogP contribution in [0.3, 0.4) is 0 Å². The molecule has 6 heteroatoms. The molecule has 1 amide bonds. The van der Waals surface area contributed by atoms with Gasteiger partial charge in [-0.05, 0) is 30.2 Å². The Labute approximate surface area is 166 Å². The molecule has 1 saturated heterocycles. The lowest BCUT2D eigenvalue weighted by atomic mass is 10.1. The molecule has 0 spiro atoms. The minimum atomic E-state index is -0.381. The molecule has 27 heavy (non-hydrogen) atoms. The highest BCUT2D eigenvalue weighted by molar-refractivity contribution is 5.85. The van der Waals surface area contributed by atoms with Crippen molar-refractivity contribution in [3.63, 3.8) is 0 Å². The number of ether oxygens (including phenoxy) is 1. The first-order chi connectivity index (χ1) is 12.6. The summed E-state index contributed by atoms with van der Waals surface area (Å²) < 4.78 is 5.85. The van der Waals surface area contributed by atoms with Gasteiger partial charge in [-0.2, -0.15) is 0 Å². The normalized spacial score (nSPS) is 18.6. The van der Waals surface area contributed by atoms with E-state index in [1.165, 1.54) is 5.56 Å². The summed E-state index contributed by atoms with van der Waals surface area (Å²) in [4.78, 5) is 12.2. The number of benzene rings is 2. The van der Waals surface area contributed by atoms with E-state index in [4.69, 9.17) is 4.74 Å². The third-order valence-corrected chi connectivity index (χ3v) is 4.62. The van der Waals surface area contributed by atoms with Crippen molar-refractivity contribution < 1.29 is 14.6 Å². The molecule has 2 aromatic carbocycles. The number of hydrogen-bond acceptors (Lipinski definition) is 4. The van der Waals surface area contributed by atoms with Crippen molar-refractivity contribution in [2.75, 3.05) is 19.6 Å². The van der Waals surface area contributed by atoms with Crippen LogP contribution < -0.4 is 15.4 Å². The number of carbonyl (C=O) groups excluding carboxylic acids is 1. The van der Waals surface area contributed by atoms with Crippen molar-refractivity contribution in [1.29, 1.82) is 0 Å². The van der Waals surface area contributed by atoms with Gasteiger partial charge in [0.1, 0.15) is 12.4 Å². The molecule has 5 nitrogen and oxygen atoms in total. The Morgan fingerprint density at radius 1 is 1.19 bits per heavy atom. The minimum Gasteiger partial charge on any atom is -0.489 e. The number of halogens is 1. The predicted molar refractivity (Wildman–Crippen MR) is 108 cm³/mol. The van der Waals surface area contributed by atoms with E-state index in [0.29, 0.717) is 26.1 Å². The van der Waals surface area contributed by atoms with E-state index in [1.54, 1.807) is 0 Å². The first kappa shape index (κ1) is 21.2. The van der Waals surface area contributed by atoms with Gasteiger partial charge >= 0.3 is 0 Å². The zero-order chi connectivity index (χ0) is 18.4. The Balaban J connectivity index is 0.00000261. The lowest BCUT2D eigenvalue weighted by Gasteiger charge is -2.14. The van der Waals surface area contributed by atoms with Crippen molar-refractivity contribution in [3.8, 4) is 5.75 Å². The number of aryl methyl sites for hydroxylation is 1. The molecule has 0 aliphatic carbocycles. The van der Waals surface area contributed by atoms with Gasteiger partial charge in [0.2, 0.25) is 5.91 Å². The molecule has 0 saturated carbocycles. The van der Waals surface area contributed by atoms with E-state index in [0.717, 1.165) is 23.4 Å². The quantitative estimate of drug-likeness (QED) is 0.678. The van der Waals surface area contributed by atoms with Crippen molar-refractivity contribution >= 4 is 18.3 Å². The fourth-order valence-electron chi connectivity index (χ4n) is 3.13. The number of nitrogens with one attached hydrogen (secondary N) is 2. The molecule has 1 aliphatic heterocycles. The van der Waals surface area contributed by atoms with Crippen LogP contribution in [0, 0.1) is 12.8 Å². The lowest BCUT2D eigenvalue weighted by molar-refractivity contribution is -0.120. The van der Waals surface area contributed by atoms with E-state index in [-0.39, 0.29) is 30.3 Å². The van der Waals surface area contributed by atoms with E-state index in [1.807, 2.05) is 36.4 Å². The van der Waals surface area contributed by atoms with Crippen LogP contribution in [0.25, 0.3) is 0 Å². The summed E-state index contributed by atoms with van der Waals surface area (Å²) in [7, 11) is 0. The molecule has 0 radical (unpaired) electrons. The summed E-state index contributed by atoms with van der Waals surface area (Å²) in [6, 6.07) is 15.8. The van der Waals surface area contributed by atoms with Crippen LogP contribution in [0.1, 0.15) is 16.7 Å². The van der Waals surface area contributed by atoms with Gasteiger partial charge in [-0.25, -0.2) is 0 Å². The Morgan fingerprint density at radius 3 is 2.70 bits per heavy atom. The molecular weight excluding hydrogens is 364 g/mol. The van der Waals surface area contributed by atoms with Crippen molar-refractivity contribution in [2.24, 2.45) is 5.92 Å². The van der Waals surface area contributed by atoms with Gasteiger partial charge < -0.3 is 20.5 Å². The van der Waals surface area contributed by atoms with Gasteiger partial charge in [0.05, 0.1) is 12.5 Å². The maximum Gasteiger partial charge on any atom is 0.224 e. The standard InChI is InChI=1S/C21H26N2O3.ClH/c1-15-4-2-6-17(8-15)14-26-19-7-3-5-16(9-19)10-21(25)23-12-18-11-22-13-20(18)24;/h2-9,18,20,22,24H,10-14H2,1H3,(H,23,25);1H. The third kappa shape index (κ3) is 6.54. The second-order valence-electron chi connectivity index (χ2n) is 6.89. The highest BCUT2D eigenvalue weighted by atomic mass is 35.5. The van der Waals surface area contributed by atoms with Gasteiger partial charge in [0, 0.05) is 25.6 Å². The summed E-state index contributed by atoms with van der Waals surface area (Å²) in [5.41, 5.74) is 3.24. The molecule has 1 fully saturated rings. The van der Waals surface area contributed by atoms with Crippen LogP contribution >= 0.6 is 12.4 Å². The van der Waals surface area contributed by atoms with Crippen LogP contribution in [0.2, 0.25) is 0 Å². The Bertz CT molecular complexity index is 754. The zero-order valence-corrected chi connectivity index (χ0v) is 16.3. The second kappa shape index (κ2) is 10.3. The Morgan fingerprint density at radius 2 is 1.96 bits per heavy atom. The van der Waals surface area contributed by atoms with E-state index < -0.39 is 0 Å². The van der Waals surface area contributed by atoms with E-state index in [2.05, 4.69) is 29.7 Å². The minimum absolute atomic E-state index is 0. The molecule has 3 N–H and O–H groups in total. The van der Waals surface area contributed by atoms with Crippen LogP contribution in [0.15, 0.2) is 48.5 Å². The molecule has 2 aromatic rings. The number of rotatable bonds is 7. The molecule has 0 aromatic heterocycles. The summed E-state index contributed by atoms with van der Waals surface area (Å²) in [5, 5.41) is 15.8. The van der Waals surface area contributed by atoms with Gasteiger partial charge in [-0.1, -0.05) is 42.0 Å². The third-order valence-electron chi connectivity index (χ3n) is 4.62. The fraction of sp³-hybridized carbons (Fsp3) is 0.381. The predicted octanol–water partition coefficient (Wildman–Crippen LogP) is 2.23. The molecule has 1 heterocycles. The summed E-state index contributed by atoms with van der Waals surface area (Å²) >= 11 is 0. The number of β-amino-alcohol motifs (C(OH)–C–C–N with tert-alkyl or cyclic N) is 1. The molecule has 2 unspecified atom stereocenters. The van der Waals surface area contributed by atoms with Gasteiger partial charge in [-0.3, -0.25) is 4.79 Å². The van der Waals surface area contributed by atoms with E-state index in [9.17, 15) is 9.90 Å². The average molecular weight is 391 g/mol. The molecule has 0 bridgehead atoms. The molecular formula is C21H27ClN2O3. The average Bonchev–Trinajstić information content (AvgIpc) is 3.04. The van der Waals surface area contributed by atoms with Crippen molar-refractivity contribution in [3.05, 3.63) is 65.2 Å². The summed E-state index contributed by atoms with van der Waals surface area (Å²) in [5.74, 6) is 0.801. The number of amides is 1. The smallest absolute Gasteiger partial charge is 0.224 e. The zero-order valence-electron chi connectivity index (χ0n) is 15.5. The Kier molecular flexibility index (Phi) is 8.10. The van der Waals surface area contributed by atoms with Gasteiger partial charge in [0.25, 0.3) is 0 Å². The number of carbonyl (C=O) groups is 1. The number of hydrogen-bond donors (Lipinski definition) is 3. The van der Waals surface area contributed by atoms with Crippen LogP contribution in [0.4, 0.5) is 0 Å². The molecule has 2 atom stereocenters. The highest BCUT2D eigenvalue weighted by Crippen LogP contribution is 2.16. The van der Waals surface area contributed by atoms with Crippen LogP contribution in [-0.2, 0) is 17.8 Å². The second-order valence-corrected chi connectivity index (χ2v) is 6.89. The first-order valence-electron chi connectivity index (χ1n) is 9.03. The maximum absolute atomic E-state index is 12.2. The van der Waals surface area contributed by atoms with Gasteiger partial charge in [-0.15, -0.1) is 12.4 Å². The SMILES string of the molecule is Cc1cccc(COc2cccc(CC(=O)NCC3CNCC3O)c2)c1.Cl. The van der Waals surface area contributed by atoms with Crippen LogP contribution in [0.5, 0.6) is 5.75 Å². The molecule has 3 rings (SSSR count). The largest absolute Gasteiger partial charge is 0.489 e. The van der Waals surface area contributed by atoms with Crippen molar-refractivity contribution in [1.82, 2.24) is 10.6 Å². The topological polar surface area (TPSA) is 70.6 Å². The lowest BCUT2D eigenvalue weighted by Crippen LogP contribution is -2.35. The van der Waals surface area contributed by atoms with Gasteiger partial charge in [0.15, 0.2) is 0 Å². The molecule has 146 valence electrons. The fourth-order valence-corrected chi connectivity index (χ4v) is 3.13. The summed E-state index contributed by atoms with van der Waals surface area (Å²) in [6.07, 6.45) is -0.0774. The maximum atomic E-state index is 12.2. The van der Waals surface area contributed by atoms with Crippen LogP contribution in [-0.4, -0.2) is 36.8 Å². The Hall–Kier alpha value is -2.08. The highest BCUT2D eigenvalue weighted by Gasteiger charge is 2.24. The molecule has 1 aliphatic rings. The number of aliphatic hydroxyl groups excluding tert-OH is 1.